The van der Waals surface area contributed by atoms with Crippen molar-refractivity contribution in [2.75, 3.05) is 32.7 Å². The Balaban J connectivity index is 1.41. The van der Waals surface area contributed by atoms with Gasteiger partial charge in [0, 0.05) is 13.1 Å². The molecule has 1 aromatic heterocycles. The van der Waals surface area contributed by atoms with Crippen molar-refractivity contribution in [1.29, 1.82) is 0 Å². The third-order valence-electron chi connectivity index (χ3n) is 5.97. The van der Waals surface area contributed by atoms with Crippen LogP contribution in [0.4, 0.5) is 0 Å². The SMILES string of the molecule is CCNC(=NCC(C)Oc1ccccc1C)NCC1CCN(Cc2nc(C)c(C)o2)CC1. The molecule has 0 aliphatic carbocycles. The number of aliphatic imine (C=N–C) groups is 1. The van der Waals surface area contributed by atoms with Crippen LogP contribution in [0.25, 0.3) is 0 Å². The number of benzene rings is 1. The van der Waals surface area contributed by atoms with E-state index in [0.717, 1.165) is 80.2 Å². The summed E-state index contributed by atoms with van der Waals surface area (Å²) in [5.41, 5.74) is 2.14. The van der Waals surface area contributed by atoms with Gasteiger partial charge in [-0.05, 0) is 78.1 Å². The van der Waals surface area contributed by atoms with Crippen molar-refractivity contribution in [3.05, 3.63) is 47.2 Å². The number of oxazole rings is 1. The van der Waals surface area contributed by atoms with Crippen molar-refractivity contribution in [2.45, 2.75) is 60.1 Å². The van der Waals surface area contributed by atoms with Gasteiger partial charge in [0.1, 0.15) is 17.6 Å². The molecule has 7 nitrogen and oxygen atoms in total. The second kappa shape index (κ2) is 11.9. The Kier molecular flexibility index (Phi) is 8.97. The van der Waals surface area contributed by atoms with E-state index in [1.807, 2.05) is 32.0 Å². The lowest BCUT2D eigenvalue weighted by atomic mass is 9.97. The van der Waals surface area contributed by atoms with E-state index in [9.17, 15) is 0 Å². The molecule has 176 valence electrons. The summed E-state index contributed by atoms with van der Waals surface area (Å²) >= 11 is 0. The summed E-state index contributed by atoms with van der Waals surface area (Å²) in [6, 6.07) is 8.10. The van der Waals surface area contributed by atoms with Crippen LogP contribution in [0.3, 0.4) is 0 Å². The van der Waals surface area contributed by atoms with Crippen LogP contribution >= 0.6 is 0 Å². The number of nitrogens with one attached hydrogen (secondary N) is 2. The van der Waals surface area contributed by atoms with Crippen molar-refractivity contribution in [1.82, 2.24) is 20.5 Å². The van der Waals surface area contributed by atoms with Gasteiger partial charge in [-0.15, -0.1) is 0 Å². The number of nitrogens with zero attached hydrogens (tertiary/aromatic N) is 3. The average Bonchev–Trinajstić information content (AvgIpc) is 3.09. The number of ether oxygens (including phenoxy) is 1. The van der Waals surface area contributed by atoms with E-state index >= 15 is 0 Å². The lowest BCUT2D eigenvalue weighted by Gasteiger charge is -2.31. The first-order chi connectivity index (χ1) is 15.4. The molecule has 1 unspecified atom stereocenters. The van der Waals surface area contributed by atoms with Crippen LogP contribution in [0.15, 0.2) is 33.7 Å². The standard InChI is InChI=1S/C25H39N5O2/c1-6-26-25(27-15-19(3)31-23-10-8-7-9-18(23)2)28-16-22-11-13-30(14-12-22)17-24-29-20(4)21(5)32-24/h7-10,19,22H,6,11-17H2,1-5H3,(H2,26,27,28). The first kappa shape index (κ1) is 24.1. The Labute approximate surface area is 192 Å². The van der Waals surface area contributed by atoms with E-state index in [-0.39, 0.29) is 6.10 Å². The maximum atomic E-state index is 6.06. The Morgan fingerprint density at radius 2 is 1.97 bits per heavy atom. The molecule has 3 rings (SSSR count). The van der Waals surface area contributed by atoms with E-state index < -0.39 is 0 Å². The Morgan fingerprint density at radius 1 is 1.22 bits per heavy atom. The number of piperidine rings is 1. The summed E-state index contributed by atoms with van der Waals surface area (Å²) < 4.78 is 11.8. The minimum atomic E-state index is 0.0114. The molecule has 7 heteroatoms. The summed E-state index contributed by atoms with van der Waals surface area (Å²) in [6.07, 6.45) is 2.34. The van der Waals surface area contributed by atoms with Crippen molar-refractivity contribution in [2.24, 2.45) is 10.9 Å². The van der Waals surface area contributed by atoms with Crippen LogP contribution in [-0.2, 0) is 6.54 Å². The van der Waals surface area contributed by atoms with Gasteiger partial charge in [0.2, 0.25) is 5.89 Å². The Bertz CT molecular complexity index is 851. The smallest absolute Gasteiger partial charge is 0.208 e. The Morgan fingerprint density at radius 3 is 2.62 bits per heavy atom. The molecule has 32 heavy (non-hydrogen) atoms. The number of likely N-dealkylation sites (tertiary alicyclic amines) is 1. The zero-order valence-electron chi connectivity index (χ0n) is 20.3. The highest BCUT2D eigenvalue weighted by atomic mass is 16.5. The molecule has 0 bridgehead atoms. The van der Waals surface area contributed by atoms with Crippen molar-refractivity contribution >= 4 is 5.96 Å². The summed E-state index contributed by atoms with van der Waals surface area (Å²) in [6.45, 7) is 15.5. The molecule has 2 N–H and O–H groups in total. The molecule has 0 radical (unpaired) electrons. The second-order valence-corrected chi connectivity index (χ2v) is 8.76. The van der Waals surface area contributed by atoms with Gasteiger partial charge in [0.25, 0.3) is 0 Å². The zero-order chi connectivity index (χ0) is 22.9. The molecule has 1 aliphatic rings. The average molecular weight is 442 g/mol. The topological polar surface area (TPSA) is 74.9 Å². The predicted octanol–water partition coefficient (Wildman–Crippen LogP) is 3.83. The normalized spacial score (nSPS) is 16.7. The maximum Gasteiger partial charge on any atom is 0.208 e. The lowest BCUT2D eigenvalue weighted by molar-refractivity contribution is 0.164. The molecule has 1 aromatic carbocycles. The maximum absolute atomic E-state index is 6.06. The van der Waals surface area contributed by atoms with Gasteiger partial charge >= 0.3 is 0 Å². The highest BCUT2D eigenvalue weighted by Gasteiger charge is 2.21. The number of rotatable bonds is 9. The third-order valence-corrected chi connectivity index (χ3v) is 5.97. The van der Waals surface area contributed by atoms with Crippen LogP contribution in [0, 0.1) is 26.7 Å². The highest BCUT2D eigenvalue weighted by molar-refractivity contribution is 5.79. The van der Waals surface area contributed by atoms with Crippen molar-refractivity contribution < 1.29 is 9.15 Å². The Hall–Kier alpha value is -2.54. The second-order valence-electron chi connectivity index (χ2n) is 8.76. The molecule has 0 amide bonds. The van der Waals surface area contributed by atoms with Gasteiger partial charge in [-0.3, -0.25) is 4.90 Å². The molecule has 1 saturated heterocycles. The zero-order valence-corrected chi connectivity index (χ0v) is 20.3. The highest BCUT2D eigenvalue weighted by Crippen LogP contribution is 2.20. The number of hydrogen-bond donors (Lipinski definition) is 2. The van der Waals surface area contributed by atoms with Crippen molar-refractivity contribution in [3.63, 3.8) is 0 Å². The summed E-state index contributed by atoms with van der Waals surface area (Å²) in [5.74, 6) is 4.19. The minimum Gasteiger partial charge on any atom is -0.489 e. The van der Waals surface area contributed by atoms with Crippen LogP contribution < -0.4 is 15.4 Å². The van der Waals surface area contributed by atoms with Crippen LogP contribution in [0.5, 0.6) is 5.75 Å². The van der Waals surface area contributed by atoms with E-state index in [0.29, 0.717) is 12.5 Å². The molecule has 1 aliphatic heterocycles. The van der Waals surface area contributed by atoms with Gasteiger partial charge in [0.15, 0.2) is 5.96 Å². The third kappa shape index (κ3) is 7.26. The molecule has 2 aromatic rings. The number of aryl methyl sites for hydroxylation is 3. The quantitative estimate of drug-likeness (QED) is 0.455. The first-order valence-electron chi connectivity index (χ1n) is 11.8. The van der Waals surface area contributed by atoms with Gasteiger partial charge < -0.3 is 19.8 Å². The van der Waals surface area contributed by atoms with Crippen LogP contribution in [-0.4, -0.2) is 54.7 Å². The summed E-state index contributed by atoms with van der Waals surface area (Å²) in [4.78, 5) is 11.7. The fraction of sp³-hybridized carbons (Fsp3) is 0.600. The van der Waals surface area contributed by atoms with Crippen molar-refractivity contribution in [3.8, 4) is 5.75 Å². The van der Waals surface area contributed by atoms with E-state index in [2.05, 4.69) is 47.4 Å². The van der Waals surface area contributed by atoms with Gasteiger partial charge in [-0.2, -0.15) is 0 Å². The number of hydrogen-bond acceptors (Lipinski definition) is 5. The lowest BCUT2D eigenvalue weighted by Crippen LogP contribution is -2.43. The molecule has 2 heterocycles. The fourth-order valence-electron chi connectivity index (χ4n) is 3.89. The van der Waals surface area contributed by atoms with E-state index in [4.69, 9.17) is 14.1 Å². The predicted molar refractivity (Wildman–Crippen MR) is 129 cm³/mol. The number of aromatic nitrogens is 1. The first-order valence-corrected chi connectivity index (χ1v) is 11.8. The molecule has 1 fully saturated rings. The van der Waals surface area contributed by atoms with Crippen LogP contribution in [0.2, 0.25) is 0 Å². The molecular formula is C25H39N5O2. The number of para-hydroxylation sites is 1. The molecule has 0 saturated carbocycles. The van der Waals surface area contributed by atoms with Gasteiger partial charge in [-0.1, -0.05) is 18.2 Å². The minimum absolute atomic E-state index is 0.0114. The van der Waals surface area contributed by atoms with Crippen LogP contribution in [0.1, 0.15) is 49.6 Å². The molecule has 0 spiro atoms. The van der Waals surface area contributed by atoms with E-state index in [1.54, 1.807) is 0 Å². The summed E-state index contributed by atoms with van der Waals surface area (Å²) in [5, 5.41) is 6.88. The fourth-order valence-corrected chi connectivity index (χ4v) is 3.89. The van der Waals surface area contributed by atoms with E-state index in [1.165, 1.54) is 0 Å². The van der Waals surface area contributed by atoms with Gasteiger partial charge in [-0.25, -0.2) is 9.98 Å². The number of guanidine groups is 1. The summed E-state index contributed by atoms with van der Waals surface area (Å²) in [7, 11) is 0. The van der Waals surface area contributed by atoms with Gasteiger partial charge in [0.05, 0.1) is 18.8 Å². The molecule has 1 atom stereocenters. The molecular weight excluding hydrogens is 402 g/mol. The largest absolute Gasteiger partial charge is 0.489 e. The monoisotopic (exact) mass is 441 g/mol.